The van der Waals surface area contributed by atoms with Gasteiger partial charge in [0.15, 0.2) is 11.6 Å². The minimum absolute atomic E-state index is 0.00556. The molecule has 0 amide bonds. The zero-order chi connectivity index (χ0) is 32.6. The maximum Gasteiger partial charge on any atom is 0.334 e. The summed E-state index contributed by atoms with van der Waals surface area (Å²) in [4.78, 5) is 77.9. The summed E-state index contributed by atoms with van der Waals surface area (Å²) in [5.74, 6) is -4.46. The molecule has 0 aromatic heterocycles. The predicted octanol–water partition coefficient (Wildman–Crippen LogP) is 3.78. The van der Waals surface area contributed by atoms with Crippen molar-refractivity contribution in [3.63, 3.8) is 0 Å². The lowest BCUT2D eigenvalue weighted by Gasteiger charge is -2.39. The predicted molar refractivity (Wildman–Crippen MR) is 158 cm³/mol. The van der Waals surface area contributed by atoms with Gasteiger partial charge in [-0.15, -0.1) is 0 Å². The summed E-state index contributed by atoms with van der Waals surface area (Å²) >= 11 is 0. The van der Waals surface area contributed by atoms with E-state index >= 15 is 0 Å². The maximum absolute atomic E-state index is 13.3. The molecule has 45 heavy (non-hydrogen) atoms. The highest BCUT2D eigenvalue weighted by atomic mass is 16.6. The molecule has 0 radical (unpaired) electrons. The highest BCUT2D eigenvalue weighted by Crippen LogP contribution is 2.56. The van der Waals surface area contributed by atoms with Crippen molar-refractivity contribution < 1.29 is 47.7 Å². The molecule has 0 aromatic carbocycles. The Hall–Kier alpha value is -3.82. The van der Waals surface area contributed by atoms with Crippen molar-refractivity contribution in [3.8, 4) is 0 Å². The molecule has 12 atom stereocenters. The molecule has 2 saturated heterocycles. The fourth-order valence-electron chi connectivity index (χ4n) is 9.07. The van der Waals surface area contributed by atoms with Gasteiger partial charge in [0.05, 0.1) is 22.7 Å². The molecule has 240 valence electrons. The molecule has 4 fully saturated rings. The van der Waals surface area contributed by atoms with Gasteiger partial charge in [0.2, 0.25) is 0 Å². The van der Waals surface area contributed by atoms with Crippen LogP contribution in [0.3, 0.4) is 0 Å². The highest BCUT2D eigenvalue weighted by Gasteiger charge is 2.63. The van der Waals surface area contributed by atoms with Gasteiger partial charge in [0.25, 0.3) is 0 Å². The van der Waals surface area contributed by atoms with Crippen LogP contribution in [0.25, 0.3) is 0 Å². The van der Waals surface area contributed by atoms with E-state index in [1.165, 1.54) is 12.2 Å². The number of carbonyl (C=O) groups excluding carboxylic acids is 6. The number of allylic oxidation sites excluding steroid dienone is 4. The molecule has 10 heteroatoms. The third-order valence-electron chi connectivity index (χ3n) is 11.6. The Morgan fingerprint density at radius 1 is 0.756 bits per heavy atom. The van der Waals surface area contributed by atoms with Crippen molar-refractivity contribution in [1.29, 1.82) is 0 Å². The summed E-state index contributed by atoms with van der Waals surface area (Å²) in [7, 11) is 0. The largest absolute Gasteiger partial charge is 0.460 e. The van der Waals surface area contributed by atoms with Crippen LogP contribution in [0.5, 0.6) is 0 Å². The normalized spacial score (nSPS) is 43.1. The summed E-state index contributed by atoms with van der Waals surface area (Å²) in [6, 6.07) is 0. The van der Waals surface area contributed by atoms with Gasteiger partial charge < -0.3 is 18.9 Å². The fraction of sp³-hybridized carbons (Fsp3) is 0.600. The van der Waals surface area contributed by atoms with E-state index in [4.69, 9.17) is 18.9 Å². The molecular weight excluding hydrogens is 580 g/mol. The number of esters is 4. The quantitative estimate of drug-likeness (QED) is 0.245. The van der Waals surface area contributed by atoms with E-state index in [-0.39, 0.29) is 65.6 Å². The minimum atomic E-state index is -1.09. The molecule has 10 nitrogen and oxygen atoms in total. The standard InChI is InChI=1S/C35H40O10/c1-16-14-22-28(18(3)32(40)42-22)30(34(5)20(16)10-12-24(34)36)44-26(38)8-7-9-27(39)45-31-29-19(4)33(41)43-23(29)15-17(2)21-11-13-25(37)35(21,31)6/h10-13,16-17,20-23,28-31H,3-4,7-9,14-15H2,1-2,5-6H3/t16-,17-,20+,21+,22-,23+,28-,29-,30-,31+,34+,35+/m0/s1. The molecule has 6 aliphatic rings. The molecule has 2 aliphatic heterocycles. The zero-order valence-corrected chi connectivity index (χ0v) is 26.1. The average Bonchev–Trinajstić information content (AvgIpc) is 3.60. The second-order valence-corrected chi connectivity index (χ2v) is 14.2. The third kappa shape index (κ3) is 4.65. The fourth-order valence-corrected chi connectivity index (χ4v) is 9.07. The van der Waals surface area contributed by atoms with Crippen molar-refractivity contribution in [2.75, 3.05) is 0 Å². The number of fused-ring (bicyclic) bond motifs is 4. The smallest absolute Gasteiger partial charge is 0.334 e. The second kappa shape index (κ2) is 10.9. The SMILES string of the molecule is C=C1C(=O)O[C@@H]2C[C@H](C)[C@H]3C=CC(=O)[C@]3(C)[C@H](OC(=O)CCCC(=O)O[C@H]3[C@H]4C(=C)C(=O)O[C@H]4C[C@H](C)[C@H]4C=CC(=O)[C@@]43C)[C@@H]12. The van der Waals surface area contributed by atoms with Crippen LogP contribution < -0.4 is 0 Å². The Kier molecular flexibility index (Phi) is 7.56. The lowest BCUT2D eigenvalue weighted by Crippen LogP contribution is -2.49. The molecule has 0 aromatic rings. The maximum atomic E-state index is 13.3. The van der Waals surface area contributed by atoms with Crippen LogP contribution in [0.15, 0.2) is 48.6 Å². The van der Waals surface area contributed by atoms with E-state index in [1.54, 1.807) is 13.8 Å². The number of hydrogen-bond donors (Lipinski definition) is 0. The van der Waals surface area contributed by atoms with Crippen LogP contribution in [0.1, 0.15) is 59.8 Å². The topological polar surface area (TPSA) is 139 Å². The Bertz CT molecular complexity index is 1360. The van der Waals surface area contributed by atoms with Gasteiger partial charge in [0.1, 0.15) is 24.4 Å². The van der Waals surface area contributed by atoms with Crippen LogP contribution >= 0.6 is 0 Å². The van der Waals surface area contributed by atoms with Crippen LogP contribution in [-0.4, -0.2) is 59.9 Å². The summed E-state index contributed by atoms with van der Waals surface area (Å²) in [6.45, 7) is 15.3. The molecule has 2 saturated carbocycles. The molecule has 0 spiro atoms. The lowest BCUT2D eigenvalue weighted by molar-refractivity contribution is -0.165. The zero-order valence-electron chi connectivity index (χ0n) is 26.1. The van der Waals surface area contributed by atoms with Crippen molar-refractivity contribution in [2.45, 2.75) is 84.2 Å². The monoisotopic (exact) mass is 620 g/mol. The van der Waals surface area contributed by atoms with E-state index in [1.807, 2.05) is 26.0 Å². The third-order valence-corrected chi connectivity index (χ3v) is 11.6. The molecular formula is C35H40O10. The molecule has 4 aliphatic carbocycles. The van der Waals surface area contributed by atoms with Gasteiger partial charge in [-0.1, -0.05) is 39.2 Å². The number of hydrogen-bond acceptors (Lipinski definition) is 10. The molecule has 0 bridgehead atoms. The average molecular weight is 621 g/mol. The van der Waals surface area contributed by atoms with E-state index in [0.717, 1.165) is 0 Å². The van der Waals surface area contributed by atoms with Crippen LogP contribution in [0.4, 0.5) is 0 Å². The van der Waals surface area contributed by atoms with E-state index in [2.05, 4.69) is 13.2 Å². The number of carbonyl (C=O) groups is 6. The summed E-state index contributed by atoms with van der Waals surface area (Å²) in [5.41, 5.74) is -1.81. The van der Waals surface area contributed by atoms with E-state index in [9.17, 15) is 28.8 Å². The Morgan fingerprint density at radius 2 is 1.13 bits per heavy atom. The summed E-state index contributed by atoms with van der Waals surface area (Å²) < 4.78 is 23.2. The second-order valence-electron chi connectivity index (χ2n) is 14.2. The Balaban J connectivity index is 1.15. The van der Waals surface area contributed by atoms with Crippen molar-refractivity contribution in [3.05, 3.63) is 48.6 Å². The summed E-state index contributed by atoms with van der Waals surface area (Å²) in [5, 5.41) is 0. The lowest BCUT2D eigenvalue weighted by atomic mass is 9.67. The minimum Gasteiger partial charge on any atom is -0.460 e. The number of ketones is 2. The van der Waals surface area contributed by atoms with Crippen LogP contribution in [-0.2, 0) is 47.7 Å². The van der Waals surface area contributed by atoms with Crippen molar-refractivity contribution >= 4 is 35.4 Å². The Labute approximate surface area is 262 Å². The van der Waals surface area contributed by atoms with E-state index in [0.29, 0.717) is 12.8 Å². The first-order chi connectivity index (χ1) is 21.2. The highest BCUT2D eigenvalue weighted by molar-refractivity contribution is 6.00. The van der Waals surface area contributed by atoms with E-state index < -0.39 is 71.0 Å². The molecule has 6 rings (SSSR count). The van der Waals surface area contributed by atoms with Crippen LogP contribution in [0, 0.1) is 46.3 Å². The molecule has 0 N–H and O–H groups in total. The first-order valence-corrected chi connectivity index (χ1v) is 15.8. The van der Waals surface area contributed by atoms with Gasteiger partial charge in [-0.05, 0) is 68.9 Å². The van der Waals surface area contributed by atoms with Crippen molar-refractivity contribution in [2.24, 2.45) is 46.3 Å². The number of rotatable bonds is 6. The Morgan fingerprint density at radius 3 is 1.51 bits per heavy atom. The molecule has 2 heterocycles. The first-order valence-electron chi connectivity index (χ1n) is 15.8. The number of ether oxygens (including phenoxy) is 4. The van der Waals surface area contributed by atoms with Gasteiger partial charge in [0, 0.05) is 24.0 Å². The van der Waals surface area contributed by atoms with Gasteiger partial charge in [-0.25, -0.2) is 9.59 Å². The van der Waals surface area contributed by atoms with Gasteiger partial charge >= 0.3 is 23.9 Å². The van der Waals surface area contributed by atoms with Crippen molar-refractivity contribution in [1.82, 2.24) is 0 Å². The first kappa shape index (κ1) is 31.2. The summed E-state index contributed by atoms with van der Waals surface area (Å²) in [6.07, 6.45) is 4.50. The molecule has 0 unspecified atom stereocenters. The van der Waals surface area contributed by atoms with Gasteiger partial charge in [-0.2, -0.15) is 0 Å². The van der Waals surface area contributed by atoms with Crippen LogP contribution in [0.2, 0.25) is 0 Å². The van der Waals surface area contributed by atoms with Gasteiger partial charge in [-0.3, -0.25) is 19.2 Å².